The molecular formula is C9H16N2O2. The zero-order valence-electron chi connectivity index (χ0n) is 8.03. The number of ether oxygens (including phenoxy) is 1. The van der Waals surface area contributed by atoms with E-state index in [9.17, 15) is 4.79 Å². The van der Waals surface area contributed by atoms with E-state index in [0.717, 1.165) is 26.2 Å². The summed E-state index contributed by atoms with van der Waals surface area (Å²) in [5.74, 6) is 0.0971. The lowest BCUT2D eigenvalue weighted by Gasteiger charge is -2.48. The Morgan fingerprint density at radius 3 is 2.54 bits per heavy atom. The van der Waals surface area contributed by atoms with Gasteiger partial charge in [-0.05, 0) is 13.3 Å². The summed E-state index contributed by atoms with van der Waals surface area (Å²) < 4.78 is 4.94. The molecule has 0 N–H and O–H groups in total. The lowest BCUT2D eigenvalue weighted by molar-refractivity contribution is -0.176. The average Bonchev–Trinajstić information content (AvgIpc) is 1.91. The highest BCUT2D eigenvalue weighted by Crippen LogP contribution is 2.22. The molecule has 2 saturated heterocycles. The summed E-state index contributed by atoms with van der Waals surface area (Å²) in [4.78, 5) is 11.2. The first-order valence-electron chi connectivity index (χ1n) is 4.97. The second-order valence-electron chi connectivity index (χ2n) is 3.63. The average molecular weight is 184 g/mol. The molecule has 74 valence electrons. The van der Waals surface area contributed by atoms with Gasteiger partial charge in [-0.2, -0.15) is 0 Å². The molecular weight excluding hydrogens is 168 g/mol. The maximum Gasteiger partial charge on any atom is 0.311 e. The first-order chi connectivity index (χ1) is 6.31. The number of hydrogen-bond acceptors (Lipinski definition) is 4. The normalized spacial score (nSPS) is 25.0. The van der Waals surface area contributed by atoms with Crippen molar-refractivity contribution in [2.24, 2.45) is 5.92 Å². The molecule has 2 aliphatic rings. The summed E-state index contributed by atoms with van der Waals surface area (Å²) in [5, 5.41) is 4.54. The van der Waals surface area contributed by atoms with Crippen LogP contribution in [0, 0.1) is 5.92 Å². The van der Waals surface area contributed by atoms with Crippen molar-refractivity contribution >= 4 is 5.97 Å². The molecule has 13 heavy (non-hydrogen) atoms. The maximum atomic E-state index is 11.2. The molecule has 0 atom stereocenters. The van der Waals surface area contributed by atoms with E-state index in [4.69, 9.17) is 4.74 Å². The number of rotatable bonds is 3. The van der Waals surface area contributed by atoms with E-state index >= 15 is 0 Å². The Morgan fingerprint density at radius 1 is 1.38 bits per heavy atom. The van der Waals surface area contributed by atoms with Crippen LogP contribution in [0.1, 0.15) is 13.3 Å². The molecule has 0 radical (unpaired) electrons. The Kier molecular flexibility index (Phi) is 2.51. The van der Waals surface area contributed by atoms with E-state index in [2.05, 4.69) is 10.0 Å². The highest BCUT2D eigenvalue weighted by Gasteiger charge is 2.38. The van der Waals surface area contributed by atoms with Crippen LogP contribution in [0.15, 0.2) is 0 Å². The minimum atomic E-state index is -0.0285. The van der Waals surface area contributed by atoms with Crippen molar-refractivity contribution in [3.8, 4) is 0 Å². The molecule has 0 amide bonds. The van der Waals surface area contributed by atoms with E-state index in [1.165, 1.54) is 6.42 Å². The molecule has 0 aromatic heterocycles. The van der Waals surface area contributed by atoms with Crippen molar-refractivity contribution in [2.45, 2.75) is 13.3 Å². The van der Waals surface area contributed by atoms with E-state index in [-0.39, 0.29) is 11.9 Å². The summed E-state index contributed by atoms with van der Waals surface area (Å²) in [6.45, 7) is 6.39. The van der Waals surface area contributed by atoms with Crippen molar-refractivity contribution in [2.75, 3.05) is 32.8 Å². The molecule has 2 heterocycles. The summed E-state index contributed by atoms with van der Waals surface area (Å²) in [6, 6.07) is 0. The van der Waals surface area contributed by atoms with Crippen LogP contribution < -0.4 is 0 Å². The molecule has 0 aliphatic carbocycles. The monoisotopic (exact) mass is 184 g/mol. The molecule has 0 bridgehead atoms. The van der Waals surface area contributed by atoms with E-state index in [0.29, 0.717) is 6.61 Å². The smallest absolute Gasteiger partial charge is 0.311 e. The third kappa shape index (κ3) is 1.69. The van der Waals surface area contributed by atoms with E-state index in [1.54, 1.807) is 0 Å². The number of esters is 1. The Labute approximate surface area is 78.4 Å². The van der Waals surface area contributed by atoms with E-state index in [1.807, 2.05) is 6.92 Å². The molecule has 4 heteroatoms. The van der Waals surface area contributed by atoms with Gasteiger partial charge in [-0.15, -0.1) is 0 Å². The van der Waals surface area contributed by atoms with E-state index < -0.39 is 0 Å². The van der Waals surface area contributed by atoms with Gasteiger partial charge in [0.1, 0.15) is 0 Å². The van der Waals surface area contributed by atoms with Crippen molar-refractivity contribution in [3.05, 3.63) is 0 Å². The molecule has 2 fully saturated rings. The highest BCUT2D eigenvalue weighted by atomic mass is 16.5. The second-order valence-corrected chi connectivity index (χ2v) is 3.63. The van der Waals surface area contributed by atoms with Gasteiger partial charge in [-0.25, -0.2) is 10.0 Å². The number of hydrogen-bond donors (Lipinski definition) is 0. The zero-order valence-corrected chi connectivity index (χ0v) is 8.03. The van der Waals surface area contributed by atoms with Gasteiger partial charge in [0.15, 0.2) is 0 Å². The molecule has 2 aliphatic heterocycles. The molecule has 2 rings (SSSR count). The Balaban J connectivity index is 1.68. The summed E-state index contributed by atoms with van der Waals surface area (Å²) in [6.07, 6.45) is 1.29. The predicted octanol–water partition coefficient (Wildman–Crippen LogP) is 0.102. The van der Waals surface area contributed by atoms with Gasteiger partial charge in [-0.3, -0.25) is 4.79 Å². The van der Waals surface area contributed by atoms with Crippen LogP contribution in [0.3, 0.4) is 0 Å². The van der Waals surface area contributed by atoms with Gasteiger partial charge in [0, 0.05) is 26.2 Å². The predicted molar refractivity (Wildman–Crippen MR) is 47.9 cm³/mol. The minimum Gasteiger partial charge on any atom is -0.466 e. The van der Waals surface area contributed by atoms with Crippen LogP contribution in [0.2, 0.25) is 0 Å². The Morgan fingerprint density at radius 2 is 2.08 bits per heavy atom. The maximum absolute atomic E-state index is 11.2. The summed E-state index contributed by atoms with van der Waals surface area (Å²) >= 11 is 0. The van der Waals surface area contributed by atoms with Crippen molar-refractivity contribution in [1.29, 1.82) is 0 Å². The van der Waals surface area contributed by atoms with Crippen molar-refractivity contribution in [3.63, 3.8) is 0 Å². The lowest BCUT2D eigenvalue weighted by Crippen LogP contribution is -2.62. The van der Waals surface area contributed by atoms with Crippen LogP contribution in [0.5, 0.6) is 0 Å². The van der Waals surface area contributed by atoms with Gasteiger partial charge in [0.05, 0.1) is 12.5 Å². The lowest BCUT2D eigenvalue weighted by atomic mass is 10.0. The van der Waals surface area contributed by atoms with Gasteiger partial charge < -0.3 is 4.74 Å². The van der Waals surface area contributed by atoms with Crippen LogP contribution in [0.25, 0.3) is 0 Å². The third-order valence-corrected chi connectivity index (χ3v) is 2.71. The number of carbonyl (C=O) groups is 1. The van der Waals surface area contributed by atoms with Crippen molar-refractivity contribution < 1.29 is 9.53 Å². The first-order valence-corrected chi connectivity index (χ1v) is 4.97. The quantitative estimate of drug-likeness (QED) is 0.582. The highest BCUT2D eigenvalue weighted by molar-refractivity contribution is 5.73. The van der Waals surface area contributed by atoms with Gasteiger partial charge >= 0.3 is 5.97 Å². The summed E-state index contributed by atoms with van der Waals surface area (Å²) in [5.41, 5.74) is 0. The molecule has 0 spiro atoms. The topological polar surface area (TPSA) is 32.8 Å². The molecule has 0 aromatic rings. The minimum absolute atomic E-state index is 0.0285. The summed E-state index contributed by atoms with van der Waals surface area (Å²) in [7, 11) is 0. The first kappa shape index (κ1) is 8.97. The molecule has 0 aromatic carbocycles. The second kappa shape index (κ2) is 3.64. The van der Waals surface area contributed by atoms with Crippen LogP contribution in [0.4, 0.5) is 0 Å². The Bertz CT molecular complexity index is 198. The zero-order chi connectivity index (χ0) is 9.26. The molecule has 4 nitrogen and oxygen atoms in total. The number of hydrazine groups is 1. The van der Waals surface area contributed by atoms with Crippen LogP contribution >= 0.6 is 0 Å². The number of carbonyl (C=O) groups excluding carboxylic acids is 1. The Hall–Kier alpha value is -0.610. The molecule has 0 unspecified atom stereocenters. The van der Waals surface area contributed by atoms with Gasteiger partial charge in [0.2, 0.25) is 0 Å². The largest absolute Gasteiger partial charge is 0.466 e. The number of nitrogens with zero attached hydrogens (tertiary/aromatic N) is 2. The standard InChI is InChI=1S/C9H16N2O2/c1-2-13-9(12)8-6-11(7-8)10-4-3-5-10/h8H,2-7H2,1H3. The third-order valence-electron chi connectivity index (χ3n) is 2.71. The van der Waals surface area contributed by atoms with Crippen LogP contribution in [-0.2, 0) is 9.53 Å². The van der Waals surface area contributed by atoms with Gasteiger partial charge in [-0.1, -0.05) is 0 Å². The fraction of sp³-hybridized carbons (Fsp3) is 0.889. The van der Waals surface area contributed by atoms with Crippen molar-refractivity contribution in [1.82, 2.24) is 10.0 Å². The fourth-order valence-electron chi connectivity index (χ4n) is 1.68. The fourth-order valence-corrected chi connectivity index (χ4v) is 1.68. The molecule has 0 saturated carbocycles. The van der Waals surface area contributed by atoms with Gasteiger partial charge in [0.25, 0.3) is 0 Å². The van der Waals surface area contributed by atoms with Crippen LogP contribution in [-0.4, -0.2) is 48.8 Å². The SMILES string of the molecule is CCOC(=O)C1CN(N2CCC2)C1.